The van der Waals surface area contributed by atoms with Gasteiger partial charge in [0.05, 0.1) is 22.8 Å². The molecule has 546 valence electrons. The molecule has 0 fully saturated rings. The molecule has 7 aromatic carbocycles. The summed E-state index contributed by atoms with van der Waals surface area (Å²) in [4.78, 5) is 86.9. The number of aromatic nitrogens is 4. The quantitative estimate of drug-likeness (QED) is 0.0210. The lowest BCUT2D eigenvalue weighted by Gasteiger charge is -2.31. The molecule has 2 atom stereocenters. The Hall–Kier alpha value is -7.98. The van der Waals surface area contributed by atoms with Gasteiger partial charge in [-0.05, 0) is 72.9 Å². The van der Waals surface area contributed by atoms with Gasteiger partial charge in [-0.15, -0.1) is 0 Å². The van der Waals surface area contributed by atoms with Gasteiger partial charge < -0.3 is 0 Å². The highest BCUT2D eigenvalue weighted by Crippen LogP contribution is 2.54. The first-order chi connectivity index (χ1) is 51.2. The molecule has 9 aromatic rings. The molecule has 2 aliphatic heterocycles. The van der Waals surface area contributed by atoms with Crippen LogP contribution in [0.3, 0.4) is 0 Å². The first kappa shape index (κ1) is 74.3. The highest BCUT2D eigenvalue weighted by molar-refractivity contribution is 6.33. The first-order valence-electron chi connectivity index (χ1n) is 41.9. The van der Waals surface area contributed by atoms with Crippen LogP contribution in [-0.4, -0.2) is 66.5 Å². The van der Waals surface area contributed by atoms with E-state index < -0.39 is 0 Å². The number of hydrogen-bond acceptors (Lipinski definition) is 8. The van der Waals surface area contributed by atoms with Crippen molar-refractivity contribution in [3.8, 4) is 67.3 Å². The fourth-order valence-electron chi connectivity index (χ4n) is 18.0. The van der Waals surface area contributed by atoms with E-state index in [1.807, 2.05) is 84.9 Å². The predicted molar refractivity (Wildman–Crippen MR) is 432 cm³/mol. The summed E-state index contributed by atoms with van der Waals surface area (Å²) in [5.74, 6) is -0.348. The van der Waals surface area contributed by atoms with E-state index >= 15 is 19.2 Å². The normalized spacial score (nSPS) is 14.0. The lowest BCUT2D eigenvalue weighted by molar-refractivity contribution is 0.0563. The lowest BCUT2D eigenvalue weighted by atomic mass is 9.89. The molecule has 0 spiro atoms. The smallest absolute Gasteiger partial charge is 0.261 e. The summed E-state index contributed by atoms with van der Waals surface area (Å²) in [6.07, 6.45) is 49.8. The van der Waals surface area contributed by atoms with Crippen LogP contribution in [0.5, 0.6) is 0 Å². The van der Waals surface area contributed by atoms with Crippen LogP contribution in [0, 0.1) is 11.8 Å². The Labute approximate surface area is 620 Å². The predicted octanol–water partition coefficient (Wildman–Crippen LogP) is 26.6. The van der Waals surface area contributed by atoms with E-state index in [4.69, 9.17) is 19.9 Å². The summed E-state index contributed by atoms with van der Waals surface area (Å²) >= 11 is 0. The number of amides is 4. The van der Waals surface area contributed by atoms with Gasteiger partial charge in [-0.1, -0.05) is 344 Å². The molecule has 13 rings (SSSR count). The number of carbonyl (C=O) groups is 4. The van der Waals surface area contributed by atoms with Gasteiger partial charge in [0.15, 0.2) is 0 Å². The van der Waals surface area contributed by atoms with Crippen molar-refractivity contribution < 1.29 is 19.2 Å². The standard InChI is InChI=1S/C94H116N6O4/c1-5-9-13-17-21-25-27-31-35-41-49-65(47-39-33-29-23-19-15-11-7-3)63-99-91(101)73-59-55-69-79-70(56-60-74(81(73)79)92(99)102)84-83(69)95-87-77(67-51-43-37-44-52-67)89-90(78(88(87)96-84)68-53-45-38-46-54-68)98-86-72-58-62-76-82-75(61-57-71(80(72)82)85(86)97-89)93(103)100(94(76)104)64-66(48-40-34-30-24-20-16-12-8-4)50-42-36-32-28-26-22-18-14-10-6-2/h37-38,43-46,51-62,65-66H,5-36,39-42,47-50,63-64H2,1-4H3. The first-order valence-corrected chi connectivity index (χ1v) is 41.9. The van der Waals surface area contributed by atoms with Gasteiger partial charge in [-0.2, -0.15) is 0 Å². The zero-order valence-electron chi connectivity index (χ0n) is 63.6. The highest BCUT2D eigenvalue weighted by atomic mass is 16.2. The molecule has 4 aliphatic rings. The van der Waals surface area contributed by atoms with Crippen molar-refractivity contribution in [2.75, 3.05) is 13.1 Å². The van der Waals surface area contributed by atoms with Crippen LogP contribution >= 0.6 is 0 Å². The molecule has 0 N–H and O–H groups in total. The number of fused-ring (bicyclic) bond motifs is 8. The van der Waals surface area contributed by atoms with Gasteiger partial charge in [0.1, 0.15) is 22.1 Å². The molecule has 4 amide bonds. The number of benzene rings is 7. The van der Waals surface area contributed by atoms with Crippen molar-refractivity contribution in [1.29, 1.82) is 0 Å². The summed E-state index contributed by atoms with van der Waals surface area (Å²) in [6, 6.07) is 36.5. The van der Waals surface area contributed by atoms with Crippen molar-refractivity contribution in [3.05, 3.63) is 131 Å². The molecule has 0 saturated carbocycles. The summed E-state index contributed by atoms with van der Waals surface area (Å²) in [5.41, 5.74) is 14.4. The summed E-state index contributed by atoms with van der Waals surface area (Å²) in [5, 5.41) is 3.06. The monoisotopic (exact) mass is 1390 g/mol. The maximum Gasteiger partial charge on any atom is 0.261 e. The van der Waals surface area contributed by atoms with Gasteiger partial charge in [-0.25, -0.2) is 19.9 Å². The SMILES string of the molecule is CCCCCCCCCCCCC(CCCCCCCCCC)CN1C(=O)c2ccc3c4c(ccc(c24)C1=O)-c1nc2c(-c4ccccc4)c4nc5c(nc4c(-c4ccccc4)c2nc1-3)-c1ccc2c3c(ccc-5c13)C(=O)N(CC(CCCCCCCCCC)CCCCCCCCCCCC)C2=O. The van der Waals surface area contributed by atoms with Gasteiger partial charge >= 0.3 is 0 Å². The minimum Gasteiger partial charge on any atom is -0.274 e. The van der Waals surface area contributed by atoms with E-state index in [-0.39, 0.29) is 35.5 Å². The third-order valence-electron chi connectivity index (χ3n) is 23.9. The van der Waals surface area contributed by atoms with Crippen molar-refractivity contribution in [2.24, 2.45) is 11.8 Å². The number of carbonyl (C=O) groups excluding carboxylic acids is 4. The molecule has 0 radical (unpaired) electrons. The average molecular weight is 1390 g/mol. The maximum atomic E-state index is 15.2. The lowest BCUT2D eigenvalue weighted by Crippen LogP contribution is -2.43. The summed E-state index contributed by atoms with van der Waals surface area (Å²) in [6.45, 7) is 9.98. The average Bonchev–Trinajstić information content (AvgIpc) is 1.48. The number of hydrogen-bond donors (Lipinski definition) is 0. The molecule has 0 saturated heterocycles. The second-order valence-electron chi connectivity index (χ2n) is 31.5. The molecular formula is C94H116N6O4. The Morgan fingerprint density at radius 1 is 0.250 bits per heavy atom. The van der Waals surface area contributed by atoms with Crippen molar-refractivity contribution in [1.82, 2.24) is 29.7 Å². The number of unbranched alkanes of at least 4 members (excludes halogenated alkanes) is 32. The minimum atomic E-state index is -0.212. The molecule has 2 unspecified atom stereocenters. The van der Waals surface area contributed by atoms with E-state index in [0.29, 0.717) is 91.0 Å². The van der Waals surface area contributed by atoms with Gasteiger partial charge in [0.2, 0.25) is 0 Å². The van der Waals surface area contributed by atoms with Crippen LogP contribution in [0.1, 0.15) is 326 Å². The summed E-state index contributed by atoms with van der Waals surface area (Å²) in [7, 11) is 0. The number of rotatable bonds is 46. The fourth-order valence-corrected chi connectivity index (χ4v) is 18.0. The molecule has 2 aromatic heterocycles. The van der Waals surface area contributed by atoms with Crippen LogP contribution in [0.4, 0.5) is 0 Å². The van der Waals surface area contributed by atoms with Crippen molar-refractivity contribution in [3.63, 3.8) is 0 Å². The van der Waals surface area contributed by atoms with E-state index in [2.05, 4.69) is 52.0 Å². The molecule has 2 aliphatic carbocycles. The Morgan fingerprint density at radius 2 is 0.452 bits per heavy atom. The summed E-state index contributed by atoms with van der Waals surface area (Å²) < 4.78 is 0. The molecular weight excluding hydrogens is 1280 g/mol. The fraction of sp³-hybridized carbons (Fsp3) is 0.511. The van der Waals surface area contributed by atoms with Crippen LogP contribution in [-0.2, 0) is 0 Å². The van der Waals surface area contributed by atoms with E-state index in [9.17, 15) is 0 Å². The van der Waals surface area contributed by atoms with Crippen LogP contribution in [0.25, 0.3) is 111 Å². The Bertz CT molecular complexity index is 4020. The van der Waals surface area contributed by atoms with Crippen LogP contribution < -0.4 is 0 Å². The maximum absolute atomic E-state index is 15.2. The van der Waals surface area contributed by atoms with Gasteiger partial charge in [-0.3, -0.25) is 29.0 Å². The second-order valence-corrected chi connectivity index (χ2v) is 31.5. The van der Waals surface area contributed by atoms with Gasteiger partial charge in [0, 0.05) is 90.3 Å². The van der Waals surface area contributed by atoms with Gasteiger partial charge in [0.25, 0.3) is 23.6 Å². The minimum absolute atomic E-state index is 0.212. The number of imide groups is 2. The van der Waals surface area contributed by atoms with E-state index in [0.717, 1.165) is 107 Å². The Morgan fingerprint density at radius 3 is 0.683 bits per heavy atom. The zero-order chi connectivity index (χ0) is 71.7. The van der Waals surface area contributed by atoms with Crippen molar-refractivity contribution in [2.45, 2.75) is 285 Å². The molecule has 0 bridgehead atoms. The molecule has 10 heteroatoms. The molecule has 10 nitrogen and oxygen atoms in total. The largest absolute Gasteiger partial charge is 0.274 e. The van der Waals surface area contributed by atoms with E-state index in [1.165, 1.54) is 205 Å². The number of nitrogens with zero attached hydrogens (tertiary/aromatic N) is 6. The van der Waals surface area contributed by atoms with Crippen molar-refractivity contribution >= 4 is 67.2 Å². The molecule has 4 heterocycles. The second kappa shape index (κ2) is 36.3. The molecule has 104 heavy (non-hydrogen) atoms. The topological polar surface area (TPSA) is 126 Å². The zero-order valence-corrected chi connectivity index (χ0v) is 63.6. The van der Waals surface area contributed by atoms with Crippen LogP contribution in [0.15, 0.2) is 109 Å². The third kappa shape index (κ3) is 16.2. The highest BCUT2D eigenvalue weighted by Gasteiger charge is 2.41. The Balaban J connectivity index is 0.813. The third-order valence-corrected chi connectivity index (χ3v) is 23.9. The Kier molecular flexibility index (Phi) is 26.0. The van der Waals surface area contributed by atoms with Crippen LogP contribution in [0.2, 0.25) is 0 Å². The van der Waals surface area contributed by atoms with E-state index in [1.54, 1.807) is 9.80 Å².